The Bertz CT molecular complexity index is 299. The van der Waals surface area contributed by atoms with Crippen molar-refractivity contribution in [3.63, 3.8) is 0 Å². The Morgan fingerprint density at radius 1 is 1.71 bits per heavy atom. The zero-order valence-corrected chi connectivity index (χ0v) is 8.95. The molecule has 0 unspecified atom stereocenters. The van der Waals surface area contributed by atoms with E-state index in [2.05, 4.69) is 4.98 Å². The maximum Gasteiger partial charge on any atom is 0.163 e. The third kappa shape index (κ3) is 1.95. The molecule has 1 aliphatic heterocycles. The maximum absolute atomic E-state index is 9.88. The molecule has 2 rings (SSSR count). The Hall–Kier alpha value is -0.490. The highest BCUT2D eigenvalue weighted by Crippen LogP contribution is 2.31. The van der Waals surface area contributed by atoms with E-state index in [4.69, 9.17) is 9.47 Å². The van der Waals surface area contributed by atoms with Crippen LogP contribution in [-0.2, 0) is 9.47 Å². The SMILES string of the molecule is CC1(C)OC[C@H]([C@H](O)c2nccs2)O1. The monoisotopic (exact) mass is 215 g/mol. The van der Waals surface area contributed by atoms with Crippen molar-refractivity contribution in [1.29, 1.82) is 0 Å². The van der Waals surface area contributed by atoms with E-state index in [-0.39, 0.29) is 6.10 Å². The van der Waals surface area contributed by atoms with E-state index in [1.54, 1.807) is 6.20 Å². The van der Waals surface area contributed by atoms with Gasteiger partial charge in [0.2, 0.25) is 0 Å². The summed E-state index contributed by atoms with van der Waals surface area (Å²) in [6.07, 6.45) is 0.678. The summed E-state index contributed by atoms with van der Waals surface area (Å²) in [5.41, 5.74) is 0. The average Bonchev–Trinajstić information content (AvgIpc) is 2.72. The summed E-state index contributed by atoms with van der Waals surface area (Å²) in [5.74, 6) is -0.594. The lowest BCUT2D eigenvalue weighted by atomic mass is 10.2. The van der Waals surface area contributed by atoms with Crippen molar-refractivity contribution in [3.05, 3.63) is 16.6 Å². The second kappa shape index (κ2) is 3.58. The lowest BCUT2D eigenvalue weighted by Gasteiger charge is -2.19. The van der Waals surface area contributed by atoms with Crippen molar-refractivity contribution < 1.29 is 14.6 Å². The molecule has 1 aromatic rings. The van der Waals surface area contributed by atoms with Crippen LogP contribution in [0.25, 0.3) is 0 Å². The highest BCUT2D eigenvalue weighted by molar-refractivity contribution is 7.09. The Balaban J connectivity index is 2.04. The topological polar surface area (TPSA) is 51.6 Å². The molecule has 0 aromatic carbocycles. The van der Waals surface area contributed by atoms with E-state index in [1.165, 1.54) is 11.3 Å². The van der Waals surface area contributed by atoms with Crippen molar-refractivity contribution in [1.82, 2.24) is 4.98 Å². The average molecular weight is 215 g/mol. The quantitative estimate of drug-likeness (QED) is 0.808. The molecule has 0 saturated carbocycles. The van der Waals surface area contributed by atoms with Gasteiger partial charge in [-0.15, -0.1) is 11.3 Å². The van der Waals surface area contributed by atoms with Crippen LogP contribution in [-0.4, -0.2) is 28.6 Å². The molecular weight excluding hydrogens is 202 g/mol. The summed E-state index contributed by atoms with van der Waals surface area (Å²) in [5, 5.41) is 12.4. The third-order valence-corrected chi connectivity index (χ3v) is 2.93. The first kappa shape index (κ1) is 10.0. The molecule has 14 heavy (non-hydrogen) atoms. The Morgan fingerprint density at radius 3 is 3.00 bits per heavy atom. The molecule has 0 spiro atoms. The molecule has 2 atom stereocenters. The number of hydrogen-bond acceptors (Lipinski definition) is 5. The maximum atomic E-state index is 9.88. The number of ether oxygens (including phenoxy) is 2. The lowest BCUT2D eigenvalue weighted by Crippen LogP contribution is -2.25. The fourth-order valence-corrected chi connectivity index (χ4v) is 2.08. The standard InChI is InChI=1S/C9H13NO3S/c1-9(2)12-5-6(13-9)7(11)8-10-3-4-14-8/h3-4,6-7,11H,5H2,1-2H3/t6-,7+/m1/s1. The van der Waals surface area contributed by atoms with Gasteiger partial charge in [-0.3, -0.25) is 0 Å². The number of hydrogen-bond donors (Lipinski definition) is 1. The molecule has 0 aliphatic carbocycles. The summed E-state index contributed by atoms with van der Waals surface area (Å²) < 4.78 is 10.9. The summed E-state index contributed by atoms with van der Waals surface area (Å²) in [7, 11) is 0. The molecule has 4 nitrogen and oxygen atoms in total. The van der Waals surface area contributed by atoms with Crippen LogP contribution in [0.2, 0.25) is 0 Å². The van der Waals surface area contributed by atoms with Gasteiger partial charge in [0.25, 0.3) is 0 Å². The minimum Gasteiger partial charge on any atom is -0.383 e. The smallest absolute Gasteiger partial charge is 0.163 e. The highest BCUT2D eigenvalue weighted by atomic mass is 32.1. The van der Waals surface area contributed by atoms with Gasteiger partial charge < -0.3 is 14.6 Å². The summed E-state index contributed by atoms with van der Waals surface area (Å²) in [4.78, 5) is 4.04. The second-order valence-electron chi connectivity index (χ2n) is 3.68. The predicted octanol–water partition coefficient (Wildman–Crippen LogP) is 1.33. The molecular formula is C9H13NO3S. The van der Waals surface area contributed by atoms with E-state index < -0.39 is 11.9 Å². The van der Waals surface area contributed by atoms with Gasteiger partial charge in [0.1, 0.15) is 17.2 Å². The van der Waals surface area contributed by atoms with Crippen LogP contribution in [0.3, 0.4) is 0 Å². The Labute approximate surface area is 86.5 Å². The number of aromatic nitrogens is 1. The molecule has 1 N–H and O–H groups in total. The van der Waals surface area contributed by atoms with E-state index in [1.807, 2.05) is 19.2 Å². The van der Waals surface area contributed by atoms with Gasteiger partial charge in [0.15, 0.2) is 5.79 Å². The molecule has 2 heterocycles. The van der Waals surface area contributed by atoms with Crippen LogP contribution in [0.5, 0.6) is 0 Å². The van der Waals surface area contributed by atoms with Gasteiger partial charge in [0.05, 0.1) is 6.61 Å². The summed E-state index contributed by atoms with van der Waals surface area (Å²) in [6.45, 7) is 4.08. The van der Waals surface area contributed by atoms with E-state index in [9.17, 15) is 5.11 Å². The minimum atomic E-state index is -0.684. The van der Waals surface area contributed by atoms with Crippen molar-refractivity contribution in [2.45, 2.75) is 31.8 Å². The second-order valence-corrected chi connectivity index (χ2v) is 4.61. The van der Waals surface area contributed by atoms with E-state index in [0.29, 0.717) is 11.6 Å². The van der Waals surface area contributed by atoms with Gasteiger partial charge >= 0.3 is 0 Å². The number of thiazole rings is 1. The molecule has 1 aliphatic rings. The molecule has 5 heteroatoms. The lowest BCUT2D eigenvalue weighted by molar-refractivity contribution is -0.151. The van der Waals surface area contributed by atoms with Gasteiger partial charge in [-0.05, 0) is 13.8 Å². The van der Waals surface area contributed by atoms with Crippen LogP contribution < -0.4 is 0 Å². The number of aliphatic hydroxyl groups excluding tert-OH is 1. The largest absolute Gasteiger partial charge is 0.383 e. The summed E-state index contributed by atoms with van der Waals surface area (Å²) in [6, 6.07) is 0. The Kier molecular flexibility index (Phi) is 2.57. The number of aliphatic hydroxyl groups is 1. The zero-order chi connectivity index (χ0) is 10.2. The molecule has 78 valence electrons. The van der Waals surface area contributed by atoms with Crippen LogP contribution >= 0.6 is 11.3 Å². The fourth-order valence-electron chi connectivity index (χ4n) is 1.41. The molecule has 0 radical (unpaired) electrons. The van der Waals surface area contributed by atoms with Crippen molar-refractivity contribution in [3.8, 4) is 0 Å². The molecule has 1 aromatic heterocycles. The van der Waals surface area contributed by atoms with Crippen LogP contribution in [0.15, 0.2) is 11.6 Å². The van der Waals surface area contributed by atoms with E-state index >= 15 is 0 Å². The third-order valence-electron chi connectivity index (χ3n) is 2.09. The molecule has 1 fully saturated rings. The Morgan fingerprint density at radius 2 is 2.50 bits per heavy atom. The van der Waals surface area contributed by atoms with Crippen molar-refractivity contribution in [2.75, 3.05) is 6.61 Å². The molecule has 0 bridgehead atoms. The van der Waals surface area contributed by atoms with E-state index in [0.717, 1.165) is 0 Å². The molecule has 0 amide bonds. The first-order valence-electron chi connectivity index (χ1n) is 4.48. The first-order valence-corrected chi connectivity index (χ1v) is 5.36. The first-order chi connectivity index (χ1) is 6.58. The van der Waals surface area contributed by atoms with Gasteiger partial charge in [-0.1, -0.05) is 0 Å². The number of nitrogens with zero attached hydrogens (tertiary/aromatic N) is 1. The van der Waals surface area contributed by atoms with Crippen LogP contribution in [0.4, 0.5) is 0 Å². The zero-order valence-electron chi connectivity index (χ0n) is 8.14. The molecule has 1 saturated heterocycles. The van der Waals surface area contributed by atoms with Gasteiger partial charge in [-0.2, -0.15) is 0 Å². The van der Waals surface area contributed by atoms with Crippen LogP contribution in [0.1, 0.15) is 25.0 Å². The van der Waals surface area contributed by atoms with Gasteiger partial charge in [0, 0.05) is 11.6 Å². The highest BCUT2D eigenvalue weighted by Gasteiger charge is 2.38. The normalized spacial score (nSPS) is 27.8. The summed E-state index contributed by atoms with van der Waals surface area (Å²) >= 11 is 1.42. The van der Waals surface area contributed by atoms with Crippen molar-refractivity contribution in [2.24, 2.45) is 0 Å². The van der Waals surface area contributed by atoms with Crippen LogP contribution in [0, 0.1) is 0 Å². The fraction of sp³-hybridized carbons (Fsp3) is 0.667. The predicted molar refractivity (Wildman–Crippen MR) is 52.0 cm³/mol. The van der Waals surface area contributed by atoms with Crippen molar-refractivity contribution >= 4 is 11.3 Å². The minimum absolute atomic E-state index is 0.309. The van der Waals surface area contributed by atoms with Gasteiger partial charge in [-0.25, -0.2) is 4.98 Å². The number of rotatable bonds is 2.